The highest BCUT2D eigenvalue weighted by Gasteiger charge is 2.30. The lowest BCUT2D eigenvalue weighted by atomic mass is 10.0. The summed E-state index contributed by atoms with van der Waals surface area (Å²) >= 11 is 0. The van der Waals surface area contributed by atoms with Crippen LogP contribution < -0.4 is 21.3 Å². The van der Waals surface area contributed by atoms with Crippen LogP contribution in [-0.2, 0) is 36.8 Å². The monoisotopic (exact) mass is 590 g/mol. The van der Waals surface area contributed by atoms with Gasteiger partial charge in [-0.3, -0.25) is 14.2 Å². The number of amides is 4. The third kappa shape index (κ3) is 12.4. The Morgan fingerprint density at radius 3 is 1.34 bits per heavy atom. The molecule has 0 aromatic heterocycles. The maximum Gasteiger partial charge on any atom is 0.408 e. The largest absolute Gasteiger partial charge is 0.445 e. The van der Waals surface area contributed by atoms with Gasteiger partial charge < -0.3 is 35.6 Å². The summed E-state index contributed by atoms with van der Waals surface area (Å²) in [4.78, 5) is 60.2. The Balaban J connectivity index is 1.82. The van der Waals surface area contributed by atoms with Crippen molar-refractivity contribution in [2.24, 2.45) is 11.8 Å². The molecule has 0 unspecified atom stereocenters. The lowest BCUT2D eigenvalue weighted by Gasteiger charge is -2.24. The molecule has 0 spiro atoms. The van der Waals surface area contributed by atoms with E-state index in [9.17, 15) is 28.6 Å². The van der Waals surface area contributed by atoms with Gasteiger partial charge in [-0.25, -0.2) is 9.59 Å². The smallest absolute Gasteiger partial charge is 0.408 e. The molecule has 2 aromatic carbocycles. The maximum absolute atomic E-state index is 12.7. The number of rotatable bonds is 14. The summed E-state index contributed by atoms with van der Waals surface area (Å²) in [5.41, 5.74) is 1.55. The van der Waals surface area contributed by atoms with Crippen molar-refractivity contribution < 1.29 is 38.1 Å². The van der Waals surface area contributed by atoms with E-state index in [2.05, 4.69) is 21.3 Å². The minimum Gasteiger partial charge on any atom is -0.445 e. The highest BCUT2D eigenvalue weighted by Crippen LogP contribution is 2.37. The fourth-order valence-corrected chi connectivity index (χ4v) is 4.45. The number of ether oxygens (including phenoxy) is 2. The van der Waals surface area contributed by atoms with Crippen LogP contribution in [0.4, 0.5) is 9.59 Å². The SMILES string of the molecule is CC(C)[C@H](NC(=O)OCc1ccccc1)C(=O)NCP(=O)(O)CNC(=O)[C@@H](NC(=O)OCc1ccccc1)C(C)C. The quantitative estimate of drug-likeness (QED) is 0.209. The second-order valence-electron chi connectivity index (χ2n) is 10.1. The van der Waals surface area contributed by atoms with Gasteiger partial charge in [-0.1, -0.05) is 88.4 Å². The number of nitrogens with one attached hydrogen (secondary N) is 4. The van der Waals surface area contributed by atoms with Crippen LogP contribution in [0.3, 0.4) is 0 Å². The van der Waals surface area contributed by atoms with Gasteiger partial charge in [0.25, 0.3) is 0 Å². The van der Waals surface area contributed by atoms with Gasteiger partial charge in [0.15, 0.2) is 0 Å². The molecule has 0 saturated carbocycles. The fourth-order valence-electron chi connectivity index (χ4n) is 3.53. The first-order chi connectivity index (χ1) is 19.4. The van der Waals surface area contributed by atoms with E-state index in [1.54, 1.807) is 76.2 Å². The van der Waals surface area contributed by atoms with Crippen LogP contribution in [0.1, 0.15) is 38.8 Å². The molecule has 0 radical (unpaired) electrons. The van der Waals surface area contributed by atoms with Gasteiger partial charge in [0.2, 0.25) is 19.2 Å². The van der Waals surface area contributed by atoms with Crippen molar-refractivity contribution in [2.45, 2.75) is 53.0 Å². The van der Waals surface area contributed by atoms with Crippen LogP contribution in [0.25, 0.3) is 0 Å². The predicted octanol–water partition coefficient (Wildman–Crippen LogP) is 3.31. The van der Waals surface area contributed by atoms with E-state index in [0.717, 1.165) is 11.1 Å². The normalized spacial score (nSPS) is 12.7. The van der Waals surface area contributed by atoms with Crippen molar-refractivity contribution in [1.82, 2.24) is 21.3 Å². The summed E-state index contributed by atoms with van der Waals surface area (Å²) < 4.78 is 23.0. The van der Waals surface area contributed by atoms with Gasteiger partial charge in [-0.15, -0.1) is 0 Å². The number of carbonyl (C=O) groups excluding carboxylic acids is 4. The molecule has 0 aliphatic carbocycles. The van der Waals surface area contributed by atoms with Crippen molar-refractivity contribution in [3.8, 4) is 0 Å². The third-order valence-electron chi connectivity index (χ3n) is 5.87. The standard InChI is InChI=1S/C28H39N4O8P/c1-19(2)23(31-27(35)39-15-21-11-7-5-8-12-21)25(33)29-17-41(37,38)18-30-26(34)24(20(3)4)32-28(36)40-16-22-13-9-6-10-14-22/h5-14,19-20,23-24H,15-18H2,1-4H3,(H,29,33)(H,30,34)(H,31,35)(H,32,36)(H,37,38)/t23-,24-/m0/s1. The second kappa shape index (κ2) is 16.4. The van der Waals surface area contributed by atoms with Gasteiger partial charge in [0.1, 0.15) is 25.3 Å². The lowest BCUT2D eigenvalue weighted by molar-refractivity contribution is -0.124. The first kappa shape index (κ1) is 33.3. The number of hydrogen-bond donors (Lipinski definition) is 5. The zero-order valence-corrected chi connectivity index (χ0v) is 24.6. The Kier molecular flexibility index (Phi) is 13.3. The van der Waals surface area contributed by atoms with Gasteiger partial charge in [-0.05, 0) is 23.0 Å². The number of benzene rings is 2. The van der Waals surface area contributed by atoms with E-state index in [4.69, 9.17) is 9.47 Å². The molecule has 0 aliphatic heterocycles. The molecule has 0 saturated heterocycles. The van der Waals surface area contributed by atoms with E-state index >= 15 is 0 Å². The number of alkyl carbamates (subject to hydrolysis) is 2. The van der Waals surface area contributed by atoms with Crippen LogP contribution >= 0.6 is 7.37 Å². The first-order valence-corrected chi connectivity index (χ1v) is 15.2. The van der Waals surface area contributed by atoms with Crippen molar-refractivity contribution in [1.29, 1.82) is 0 Å². The average molecular weight is 591 g/mol. The van der Waals surface area contributed by atoms with Crippen molar-refractivity contribution in [3.63, 3.8) is 0 Å². The number of carbonyl (C=O) groups is 4. The lowest BCUT2D eigenvalue weighted by Crippen LogP contribution is -2.51. The Morgan fingerprint density at radius 1 is 0.683 bits per heavy atom. The summed E-state index contributed by atoms with van der Waals surface area (Å²) in [6.07, 6.45) is -2.91. The average Bonchev–Trinajstić information content (AvgIpc) is 2.95. The summed E-state index contributed by atoms with van der Waals surface area (Å²) in [6.45, 7) is 6.83. The molecule has 0 aliphatic rings. The fraction of sp³-hybridized carbons (Fsp3) is 0.429. The molecule has 2 rings (SSSR count). The molecular formula is C28H39N4O8P. The van der Waals surface area contributed by atoms with Crippen molar-refractivity contribution in [2.75, 3.05) is 12.6 Å². The summed E-state index contributed by atoms with van der Waals surface area (Å²) in [6, 6.07) is 16.0. The molecule has 224 valence electrons. The summed E-state index contributed by atoms with van der Waals surface area (Å²) in [5, 5.41) is 9.67. The van der Waals surface area contributed by atoms with E-state index < -0.39 is 56.0 Å². The Bertz CT molecular complexity index is 1100. The van der Waals surface area contributed by atoms with Gasteiger partial charge in [0, 0.05) is 0 Å². The molecular weight excluding hydrogens is 551 g/mol. The topological polar surface area (TPSA) is 172 Å². The second-order valence-corrected chi connectivity index (χ2v) is 12.4. The Labute approximate surface area is 240 Å². The molecule has 2 aromatic rings. The van der Waals surface area contributed by atoms with E-state index in [1.807, 2.05) is 12.1 Å². The van der Waals surface area contributed by atoms with Crippen LogP contribution in [0.15, 0.2) is 60.7 Å². The van der Waals surface area contributed by atoms with Crippen LogP contribution in [-0.4, -0.2) is 53.5 Å². The zero-order chi connectivity index (χ0) is 30.4. The number of hydrogen-bond acceptors (Lipinski definition) is 7. The van der Waals surface area contributed by atoms with Crippen LogP contribution in [0.5, 0.6) is 0 Å². The van der Waals surface area contributed by atoms with Gasteiger partial charge in [-0.2, -0.15) is 0 Å². The highest BCUT2D eigenvalue weighted by molar-refractivity contribution is 7.57. The minimum absolute atomic E-state index is 0.0155. The molecule has 0 bridgehead atoms. The Hall–Kier alpha value is -3.89. The minimum atomic E-state index is -4.07. The Morgan fingerprint density at radius 2 is 1.02 bits per heavy atom. The van der Waals surface area contributed by atoms with Gasteiger partial charge in [0.05, 0.1) is 12.6 Å². The van der Waals surface area contributed by atoms with Crippen molar-refractivity contribution >= 4 is 31.4 Å². The van der Waals surface area contributed by atoms with E-state index in [-0.39, 0.29) is 25.0 Å². The first-order valence-electron chi connectivity index (χ1n) is 13.2. The summed E-state index contributed by atoms with van der Waals surface area (Å²) in [7, 11) is -4.07. The molecule has 0 fully saturated rings. The molecule has 41 heavy (non-hydrogen) atoms. The highest BCUT2D eigenvalue weighted by atomic mass is 31.2. The third-order valence-corrected chi connectivity index (χ3v) is 7.18. The molecule has 4 amide bonds. The predicted molar refractivity (Wildman–Crippen MR) is 153 cm³/mol. The van der Waals surface area contributed by atoms with E-state index in [0.29, 0.717) is 0 Å². The van der Waals surface area contributed by atoms with Gasteiger partial charge >= 0.3 is 12.2 Å². The molecule has 0 heterocycles. The van der Waals surface area contributed by atoms with Crippen LogP contribution in [0.2, 0.25) is 0 Å². The molecule has 5 N–H and O–H groups in total. The molecule has 12 nitrogen and oxygen atoms in total. The van der Waals surface area contributed by atoms with E-state index in [1.165, 1.54) is 0 Å². The zero-order valence-electron chi connectivity index (χ0n) is 23.7. The molecule has 2 atom stereocenters. The van der Waals surface area contributed by atoms with Crippen molar-refractivity contribution in [3.05, 3.63) is 71.8 Å². The molecule has 13 heteroatoms. The maximum atomic E-state index is 12.7. The van der Waals surface area contributed by atoms with Crippen LogP contribution in [0, 0.1) is 11.8 Å². The summed E-state index contributed by atoms with van der Waals surface area (Å²) in [5.74, 6) is -2.06.